The van der Waals surface area contributed by atoms with Crippen molar-refractivity contribution in [2.45, 2.75) is 13.1 Å². The number of nitrogens with one attached hydrogen (secondary N) is 1. The van der Waals surface area contributed by atoms with Gasteiger partial charge in [0.05, 0.1) is 25.2 Å². The van der Waals surface area contributed by atoms with Gasteiger partial charge in [0, 0.05) is 11.8 Å². The summed E-state index contributed by atoms with van der Waals surface area (Å²) in [5.74, 6) is -1.43. The molecule has 1 heterocycles. The SMILES string of the molecule is COc1ccc(-c2c(C(F)(F)F)oc3cc(OCC(=O)Nc4ccccc4C)ccc3c2=O)cc1OC. The molecule has 4 rings (SSSR count). The molecule has 37 heavy (non-hydrogen) atoms. The van der Waals surface area contributed by atoms with Gasteiger partial charge in [0.1, 0.15) is 11.3 Å². The van der Waals surface area contributed by atoms with Crippen molar-refractivity contribution in [2.24, 2.45) is 0 Å². The largest absolute Gasteiger partial charge is 0.493 e. The molecular weight excluding hydrogens is 491 g/mol. The molecule has 192 valence electrons. The van der Waals surface area contributed by atoms with E-state index in [2.05, 4.69) is 5.32 Å². The Labute approximate surface area is 209 Å². The maximum Gasteiger partial charge on any atom is 0.450 e. The minimum atomic E-state index is -4.97. The molecular formula is C27H22F3NO6. The van der Waals surface area contributed by atoms with Crippen LogP contribution in [0, 0.1) is 6.92 Å². The first kappa shape index (κ1) is 25.6. The Balaban J connectivity index is 1.69. The third-order valence-electron chi connectivity index (χ3n) is 5.58. The van der Waals surface area contributed by atoms with Crippen molar-refractivity contribution in [3.8, 4) is 28.4 Å². The van der Waals surface area contributed by atoms with Crippen molar-refractivity contribution < 1.29 is 36.6 Å². The van der Waals surface area contributed by atoms with Crippen LogP contribution in [-0.2, 0) is 11.0 Å². The summed E-state index contributed by atoms with van der Waals surface area (Å²) in [6.45, 7) is 1.43. The van der Waals surface area contributed by atoms with Gasteiger partial charge in [-0.2, -0.15) is 13.2 Å². The predicted octanol–water partition coefficient (Wildman–Crippen LogP) is 5.82. The van der Waals surface area contributed by atoms with Gasteiger partial charge in [-0.05, 0) is 48.4 Å². The standard InChI is InChI=1S/C27H22F3NO6/c1-15-6-4-5-7-19(15)31-23(32)14-36-17-9-10-18-21(13-17)37-26(27(28,29)30)24(25(18)33)16-8-11-20(34-2)22(12-16)35-3/h4-13H,14H2,1-3H3,(H,31,32). The van der Waals surface area contributed by atoms with Gasteiger partial charge in [0.25, 0.3) is 5.91 Å². The number of carbonyl (C=O) groups is 1. The second-order valence-corrected chi connectivity index (χ2v) is 8.01. The molecule has 7 nitrogen and oxygen atoms in total. The lowest BCUT2D eigenvalue weighted by molar-refractivity contribution is -0.152. The van der Waals surface area contributed by atoms with Gasteiger partial charge in [-0.25, -0.2) is 0 Å². The summed E-state index contributed by atoms with van der Waals surface area (Å²) in [5.41, 5.74) is -0.463. The minimum absolute atomic E-state index is 0.0474. The summed E-state index contributed by atoms with van der Waals surface area (Å²) in [6, 6.07) is 15.0. The van der Waals surface area contributed by atoms with Crippen LogP contribution in [-0.4, -0.2) is 26.7 Å². The van der Waals surface area contributed by atoms with Crippen LogP contribution in [0.15, 0.2) is 69.9 Å². The van der Waals surface area contributed by atoms with E-state index in [9.17, 15) is 22.8 Å². The number of rotatable bonds is 7. The summed E-state index contributed by atoms with van der Waals surface area (Å²) in [6.07, 6.45) is -4.97. The molecule has 1 aromatic heterocycles. The lowest BCUT2D eigenvalue weighted by atomic mass is 10.0. The maximum atomic E-state index is 14.0. The highest BCUT2D eigenvalue weighted by Gasteiger charge is 2.39. The molecule has 0 aliphatic rings. The molecule has 1 N–H and O–H groups in total. The highest BCUT2D eigenvalue weighted by molar-refractivity contribution is 5.92. The fraction of sp³-hybridized carbons (Fsp3) is 0.185. The number of amides is 1. The molecule has 0 fully saturated rings. The average molecular weight is 513 g/mol. The van der Waals surface area contributed by atoms with Crippen LogP contribution in [0.5, 0.6) is 17.2 Å². The van der Waals surface area contributed by atoms with Crippen LogP contribution >= 0.6 is 0 Å². The fourth-order valence-electron chi connectivity index (χ4n) is 3.77. The third-order valence-corrected chi connectivity index (χ3v) is 5.58. The van der Waals surface area contributed by atoms with E-state index in [4.69, 9.17) is 18.6 Å². The lowest BCUT2D eigenvalue weighted by Crippen LogP contribution is -2.20. The van der Waals surface area contributed by atoms with Crippen molar-refractivity contribution in [1.82, 2.24) is 0 Å². The van der Waals surface area contributed by atoms with Crippen LogP contribution in [0.4, 0.5) is 18.9 Å². The van der Waals surface area contributed by atoms with E-state index in [0.29, 0.717) is 11.4 Å². The monoisotopic (exact) mass is 513 g/mol. The molecule has 0 saturated heterocycles. The number of methoxy groups -OCH3 is 2. The number of anilines is 1. The third kappa shape index (κ3) is 5.37. The van der Waals surface area contributed by atoms with Crippen molar-refractivity contribution in [3.05, 3.63) is 82.2 Å². The molecule has 1 amide bonds. The Morgan fingerprint density at radius 3 is 2.38 bits per heavy atom. The van der Waals surface area contributed by atoms with Crippen molar-refractivity contribution >= 4 is 22.6 Å². The average Bonchev–Trinajstić information content (AvgIpc) is 2.87. The van der Waals surface area contributed by atoms with E-state index < -0.39 is 35.4 Å². The number of hydrogen-bond donors (Lipinski definition) is 1. The Morgan fingerprint density at radius 2 is 1.70 bits per heavy atom. The zero-order valence-corrected chi connectivity index (χ0v) is 20.1. The lowest BCUT2D eigenvalue weighted by Gasteiger charge is -2.15. The van der Waals surface area contributed by atoms with Gasteiger partial charge in [-0.15, -0.1) is 0 Å². The zero-order valence-electron chi connectivity index (χ0n) is 20.1. The van der Waals surface area contributed by atoms with E-state index in [-0.39, 0.29) is 28.0 Å². The van der Waals surface area contributed by atoms with Crippen molar-refractivity contribution in [1.29, 1.82) is 0 Å². The second-order valence-electron chi connectivity index (χ2n) is 8.01. The molecule has 0 bridgehead atoms. The molecule has 10 heteroatoms. The van der Waals surface area contributed by atoms with Gasteiger partial charge in [-0.3, -0.25) is 9.59 Å². The number of aryl methyl sites for hydroxylation is 1. The molecule has 0 saturated carbocycles. The number of hydrogen-bond acceptors (Lipinski definition) is 6. The quantitative estimate of drug-likeness (QED) is 0.335. The Bertz CT molecular complexity index is 1530. The van der Waals surface area contributed by atoms with Crippen LogP contribution in [0.1, 0.15) is 11.3 Å². The number of halogens is 3. The predicted molar refractivity (Wildman–Crippen MR) is 131 cm³/mol. The normalized spacial score (nSPS) is 11.3. The van der Waals surface area contributed by atoms with Gasteiger partial charge in [0.15, 0.2) is 18.1 Å². The first-order chi connectivity index (χ1) is 17.6. The van der Waals surface area contributed by atoms with Crippen molar-refractivity contribution in [3.63, 3.8) is 0 Å². The molecule has 0 atom stereocenters. The van der Waals surface area contributed by atoms with Crippen molar-refractivity contribution in [2.75, 3.05) is 26.1 Å². The first-order valence-electron chi connectivity index (χ1n) is 11.0. The number of para-hydroxylation sites is 1. The second kappa shape index (κ2) is 10.3. The molecule has 0 aliphatic heterocycles. The van der Waals surface area contributed by atoms with Gasteiger partial charge < -0.3 is 23.9 Å². The maximum absolute atomic E-state index is 14.0. The van der Waals surface area contributed by atoms with Gasteiger partial charge in [0.2, 0.25) is 11.2 Å². The molecule has 4 aromatic rings. The number of carbonyl (C=O) groups excluding carboxylic acids is 1. The molecule has 0 aliphatic carbocycles. The van der Waals surface area contributed by atoms with E-state index in [0.717, 1.165) is 11.6 Å². The van der Waals surface area contributed by atoms with Gasteiger partial charge in [-0.1, -0.05) is 24.3 Å². The molecule has 0 spiro atoms. The summed E-state index contributed by atoms with van der Waals surface area (Å²) < 4.78 is 62.9. The Kier molecular flexibility index (Phi) is 7.10. The number of benzene rings is 3. The molecule has 0 unspecified atom stereocenters. The van der Waals surface area contributed by atoms with Crippen LogP contribution < -0.4 is 25.0 Å². The zero-order chi connectivity index (χ0) is 26.7. The van der Waals surface area contributed by atoms with Crippen LogP contribution in [0.3, 0.4) is 0 Å². The Hall–Kier alpha value is -4.47. The smallest absolute Gasteiger partial charge is 0.450 e. The highest BCUT2D eigenvalue weighted by atomic mass is 19.4. The summed E-state index contributed by atoms with van der Waals surface area (Å²) in [5, 5.41) is 2.61. The molecule has 0 radical (unpaired) electrons. The highest BCUT2D eigenvalue weighted by Crippen LogP contribution is 2.40. The number of fused-ring (bicyclic) bond motifs is 1. The fourth-order valence-corrected chi connectivity index (χ4v) is 3.77. The first-order valence-corrected chi connectivity index (χ1v) is 11.0. The van der Waals surface area contributed by atoms with E-state index in [1.165, 1.54) is 44.6 Å². The number of alkyl halides is 3. The van der Waals surface area contributed by atoms with E-state index in [1.54, 1.807) is 12.1 Å². The van der Waals surface area contributed by atoms with E-state index >= 15 is 0 Å². The van der Waals surface area contributed by atoms with Crippen LogP contribution in [0.2, 0.25) is 0 Å². The Morgan fingerprint density at radius 1 is 0.973 bits per heavy atom. The summed E-state index contributed by atoms with van der Waals surface area (Å²) in [7, 11) is 2.72. The van der Waals surface area contributed by atoms with Crippen LogP contribution in [0.25, 0.3) is 22.1 Å². The summed E-state index contributed by atoms with van der Waals surface area (Å²) in [4.78, 5) is 25.5. The topological polar surface area (TPSA) is 87.0 Å². The number of ether oxygens (including phenoxy) is 3. The van der Waals surface area contributed by atoms with E-state index in [1.807, 2.05) is 19.1 Å². The minimum Gasteiger partial charge on any atom is -0.493 e. The van der Waals surface area contributed by atoms with Gasteiger partial charge >= 0.3 is 6.18 Å². The summed E-state index contributed by atoms with van der Waals surface area (Å²) >= 11 is 0. The molecule has 3 aromatic carbocycles.